The molecule has 2 aromatic rings. The second kappa shape index (κ2) is 5.91. The standard InChI is InChI=1S/C16H17NO4/c1-17(11-13-3-2-6-19-13)16(18)10-12-4-5-14-15(9-12)21-8-7-20-14/h2-6,9H,7-8,10-11H2,1H3. The first kappa shape index (κ1) is 13.5. The number of furan rings is 1. The summed E-state index contributed by atoms with van der Waals surface area (Å²) in [7, 11) is 1.77. The lowest BCUT2D eigenvalue weighted by molar-refractivity contribution is -0.129. The Balaban J connectivity index is 1.64. The van der Waals surface area contributed by atoms with Crippen molar-refractivity contribution >= 4 is 5.91 Å². The Morgan fingerprint density at radius 3 is 2.76 bits per heavy atom. The van der Waals surface area contributed by atoms with Gasteiger partial charge in [-0.1, -0.05) is 6.07 Å². The van der Waals surface area contributed by atoms with Crippen LogP contribution in [-0.2, 0) is 17.8 Å². The summed E-state index contributed by atoms with van der Waals surface area (Å²) < 4.78 is 16.2. The molecule has 3 rings (SSSR count). The molecule has 0 fully saturated rings. The molecular weight excluding hydrogens is 270 g/mol. The van der Waals surface area contributed by atoms with Gasteiger partial charge in [0.2, 0.25) is 5.91 Å². The Morgan fingerprint density at radius 2 is 2.00 bits per heavy atom. The fraction of sp³-hybridized carbons (Fsp3) is 0.312. The number of fused-ring (bicyclic) bond motifs is 1. The number of hydrogen-bond acceptors (Lipinski definition) is 4. The molecule has 5 heteroatoms. The molecule has 0 bridgehead atoms. The molecule has 0 saturated carbocycles. The van der Waals surface area contributed by atoms with E-state index in [1.807, 2.05) is 30.3 Å². The summed E-state index contributed by atoms with van der Waals surface area (Å²) in [5.74, 6) is 2.25. The normalized spacial score (nSPS) is 13.0. The first-order chi connectivity index (χ1) is 10.2. The molecule has 1 aliphatic heterocycles. The summed E-state index contributed by atoms with van der Waals surface area (Å²) in [5, 5.41) is 0. The molecule has 0 unspecified atom stereocenters. The van der Waals surface area contributed by atoms with Crippen LogP contribution in [0.3, 0.4) is 0 Å². The number of rotatable bonds is 4. The molecule has 0 N–H and O–H groups in total. The van der Waals surface area contributed by atoms with Gasteiger partial charge in [0.1, 0.15) is 19.0 Å². The van der Waals surface area contributed by atoms with Gasteiger partial charge in [0, 0.05) is 7.05 Å². The first-order valence-corrected chi connectivity index (χ1v) is 6.87. The van der Waals surface area contributed by atoms with Crippen molar-refractivity contribution in [3.8, 4) is 11.5 Å². The summed E-state index contributed by atoms with van der Waals surface area (Å²) in [6.07, 6.45) is 1.93. The highest BCUT2D eigenvalue weighted by Gasteiger charge is 2.15. The number of carbonyl (C=O) groups excluding carboxylic acids is 1. The zero-order valence-corrected chi connectivity index (χ0v) is 11.9. The van der Waals surface area contributed by atoms with Crippen molar-refractivity contribution in [1.29, 1.82) is 0 Å². The molecule has 0 saturated heterocycles. The van der Waals surface area contributed by atoms with Gasteiger partial charge < -0.3 is 18.8 Å². The predicted molar refractivity (Wildman–Crippen MR) is 76.3 cm³/mol. The molecule has 1 amide bonds. The van der Waals surface area contributed by atoms with Crippen molar-refractivity contribution in [1.82, 2.24) is 4.90 Å². The second-order valence-corrected chi connectivity index (χ2v) is 4.98. The number of carbonyl (C=O) groups is 1. The van der Waals surface area contributed by atoms with Crippen molar-refractivity contribution in [3.05, 3.63) is 47.9 Å². The Bertz CT molecular complexity index is 621. The molecule has 21 heavy (non-hydrogen) atoms. The van der Waals surface area contributed by atoms with Crippen molar-refractivity contribution in [2.24, 2.45) is 0 Å². The van der Waals surface area contributed by atoms with Gasteiger partial charge in [-0.2, -0.15) is 0 Å². The molecule has 5 nitrogen and oxygen atoms in total. The highest BCUT2D eigenvalue weighted by atomic mass is 16.6. The topological polar surface area (TPSA) is 51.9 Å². The quantitative estimate of drug-likeness (QED) is 0.865. The van der Waals surface area contributed by atoms with Crippen molar-refractivity contribution in [2.45, 2.75) is 13.0 Å². The molecule has 0 spiro atoms. The molecular formula is C16H17NO4. The largest absolute Gasteiger partial charge is 0.486 e. The molecule has 0 atom stereocenters. The number of amides is 1. The van der Waals surface area contributed by atoms with Crippen LogP contribution in [0.5, 0.6) is 11.5 Å². The van der Waals surface area contributed by atoms with Crippen molar-refractivity contribution in [2.75, 3.05) is 20.3 Å². The molecule has 110 valence electrons. The van der Waals surface area contributed by atoms with E-state index in [1.165, 1.54) is 0 Å². The van der Waals surface area contributed by atoms with Gasteiger partial charge >= 0.3 is 0 Å². The van der Waals surface area contributed by atoms with Gasteiger partial charge in [-0.25, -0.2) is 0 Å². The van der Waals surface area contributed by atoms with Crippen LogP contribution in [0.1, 0.15) is 11.3 Å². The number of ether oxygens (including phenoxy) is 2. The van der Waals surface area contributed by atoms with Crippen molar-refractivity contribution in [3.63, 3.8) is 0 Å². The van der Waals surface area contributed by atoms with Crippen LogP contribution in [0.25, 0.3) is 0 Å². The fourth-order valence-electron chi connectivity index (χ4n) is 2.23. The molecule has 0 radical (unpaired) electrons. The Morgan fingerprint density at radius 1 is 1.19 bits per heavy atom. The van der Waals surface area contributed by atoms with Crippen LogP contribution >= 0.6 is 0 Å². The number of hydrogen-bond donors (Lipinski definition) is 0. The number of benzene rings is 1. The molecule has 1 aromatic heterocycles. The molecule has 0 aliphatic carbocycles. The van der Waals surface area contributed by atoms with E-state index < -0.39 is 0 Å². The second-order valence-electron chi connectivity index (χ2n) is 4.98. The predicted octanol–water partition coefficient (Wildman–Crippen LogP) is 2.25. The van der Waals surface area contributed by atoms with Gasteiger partial charge in [0.15, 0.2) is 11.5 Å². The highest BCUT2D eigenvalue weighted by Crippen LogP contribution is 2.30. The number of nitrogens with zero attached hydrogens (tertiary/aromatic N) is 1. The van der Waals surface area contributed by atoms with Gasteiger partial charge in [-0.3, -0.25) is 4.79 Å². The van der Waals surface area contributed by atoms with Gasteiger partial charge in [0.25, 0.3) is 0 Å². The average Bonchev–Trinajstić information content (AvgIpc) is 3.00. The van der Waals surface area contributed by atoms with E-state index in [1.54, 1.807) is 18.2 Å². The summed E-state index contributed by atoms with van der Waals surface area (Å²) in [6, 6.07) is 9.28. The highest BCUT2D eigenvalue weighted by molar-refractivity contribution is 5.78. The van der Waals surface area contributed by atoms with Crippen LogP contribution < -0.4 is 9.47 Å². The third-order valence-corrected chi connectivity index (χ3v) is 3.36. The van der Waals surface area contributed by atoms with E-state index in [4.69, 9.17) is 13.9 Å². The lowest BCUT2D eigenvalue weighted by Gasteiger charge is -2.20. The zero-order valence-electron chi connectivity index (χ0n) is 11.9. The van der Waals surface area contributed by atoms with E-state index >= 15 is 0 Å². The lowest BCUT2D eigenvalue weighted by Crippen LogP contribution is -2.27. The SMILES string of the molecule is CN(Cc1ccco1)C(=O)Cc1ccc2c(c1)OCCO2. The third kappa shape index (κ3) is 3.18. The first-order valence-electron chi connectivity index (χ1n) is 6.87. The Kier molecular flexibility index (Phi) is 3.81. The van der Waals surface area contributed by atoms with E-state index in [9.17, 15) is 4.79 Å². The van der Waals surface area contributed by atoms with Gasteiger partial charge in [-0.15, -0.1) is 0 Å². The van der Waals surface area contributed by atoms with E-state index in [0.717, 1.165) is 17.1 Å². The smallest absolute Gasteiger partial charge is 0.227 e. The van der Waals surface area contributed by atoms with Gasteiger partial charge in [-0.05, 0) is 29.8 Å². The van der Waals surface area contributed by atoms with E-state index in [0.29, 0.717) is 31.9 Å². The summed E-state index contributed by atoms with van der Waals surface area (Å²) in [6.45, 7) is 1.58. The third-order valence-electron chi connectivity index (χ3n) is 3.36. The van der Waals surface area contributed by atoms with Gasteiger partial charge in [0.05, 0.1) is 19.2 Å². The zero-order chi connectivity index (χ0) is 14.7. The van der Waals surface area contributed by atoms with E-state index in [-0.39, 0.29) is 5.91 Å². The summed E-state index contributed by atoms with van der Waals surface area (Å²) in [4.78, 5) is 13.9. The van der Waals surface area contributed by atoms with Crippen LogP contribution in [0.2, 0.25) is 0 Å². The number of likely N-dealkylation sites (N-methyl/N-ethyl adjacent to an activating group) is 1. The Hall–Kier alpha value is -2.43. The fourth-order valence-corrected chi connectivity index (χ4v) is 2.23. The average molecular weight is 287 g/mol. The summed E-state index contributed by atoms with van der Waals surface area (Å²) in [5.41, 5.74) is 0.913. The minimum Gasteiger partial charge on any atom is -0.486 e. The monoisotopic (exact) mass is 287 g/mol. The molecule has 1 aliphatic rings. The minimum atomic E-state index is 0.0306. The van der Waals surface area contributed by atoms with Crippen LogP contribution in [0.4, 0.5) is 0 Å². The van der Waals surface area contributed by atoms with Crippen LogP contribution in [0.15, 0.2) is 41.0 Å². The Labute approximate surface area is 123 Å². The van der Waals surface area contributed by atoms with Crippen molar-refractivity contribution < 1.29 is 18.7 Å². The maximum atomic E-state index is 12.2. The maximum Gasteiger partial charge on any atom is 0.227 e. The minimum absolute atomic E-state index is 0.0306. The van der Waals surface area contributed by atoms with Crippen LogP contribution in [0, 0.1) is 0 Å². The summed E-state index contributed by atoms with van der Waals surface area (Å²) >= 11 is 0. The maximum absolute atomic E-state index is 12.2. The molecule has 1 aromatic carbocycles. The lowest BCUT2D eigenvalue weighted by atomic mass is 10.1. The van der Waals surface area contributed by atoms with Crippen LogP contribution in [-0.4, -0.2) is 31.1 Å². The van der Waals surface area contributed by atoms with E-state index in [2.05, 4.69) is 0 Å². The molecule has 2 heterocycles.